The Kier molecular flexibility index (Phi) is 12.4. The number of likely N-dealkylation sites (tertiary alicyclic amines) is 1. The molecule has 1 aromatic rings. The zero-order chi connectivity index (χ0) is 20.4. The van der Waals surface area contributed by atoms with Crippen LogP contribution in [0.5, 0.6) is 5.75 Å². The van der Waals surface area contributed by atoms with Crippen molar-refractivity contribution in [3.8, 4) is 5.75 Å². The highest BCUT2D eigenvalue weighted by atomic mass is 127. The number of hydrogen-bond acceptors (Lipinski definition) is 3. The SMILES string of the molecule is CCCCN1CCC(NC(=NCc2c(F)cccc2OC(F)F)NCC)CC1.I. The minimum atomic E-state index is -3.01. The van der Waals surface area contributed by atoms with E-state index in [0.29, 0.717) is 12.5 Å². The second kappa shape index (κ2) is 13.9. The summed E-state index contributed by atoms with van der Waals surface area (Å²) in [5.74, 6) is -0.235. The molecule has 5 nitrogen and oxygen atoms in total. The van der Waals surface area contributed by atoms with Crippen molar-refractivity contribution in [2.45, 2.75) is 58.7 Å². The average molecular weight is 528 g/mol. The van der Waals surface area contributed by atoms with E-state index in [4.69, 9.17) is 0 Å². The second-order valence-electron chi connectivity index (χ2n) is 6.90. The highest BCUT2D eigenvalue weighted by Crippen LogP contribution is 2.24. The molecule has 1 heterocycles. The maximum atomic E-state index is 14.1. The average Bonchev–Trinajstić information content (AvgIpc) is 2.66. The van der Waals surface area contributed by atoms with E-state index in [9.17, 15) is 13.2 Å². The summed E-state index contributed by atoms with van der Waals surface area (Å²) < 4.78 is 43.6. The maximum Gasteiger partial charge on any atom is 0.387 e. The number of ether oxygens (including phenoxy) is 1. The first-order valence-electron chi connectivity index (χ1n) is 10.0. The molecule has 1 aliphatic rings. The zero-order valence-corrected chi connectivity index (χ0v) is 19.4. The van der Waals surface area contributed by atoms with Gasteiger partial charge in [0.15, 0.2) is 5.96 Å². The highest BCUT2D eigenvalue weighted by Gasteiger charge is 2.20. The van der Waals surface area contributed by atoms with E-state index in [-0.39, 0.29) is 47.9 Å². The summed E-state index contributed by atoms with van der Waals surface area (Å²) >= 11 is 0. The lowest BCUT2D eigenvalue weighted by molar-refractivity contribution is -0.0506. The number of piperidine rings is 1. The first kappa shape index (κ1) is 25.8. The van der Waals surface area contributed by atoms with Gasteiger partial charge in [-0.2, -0.15) is 8.78 Å². The molecule has 1 saturated heterocycles. The molecule has 1 aromatic carbocycles. The number of guanidine groups is 1. The van der Waals surface area contributed by atoms with E-state index in [1.807, 2.05) is 6.92 Å². The van der Waals surface area contributed by atoms with Gasteiger partial charge in [-0.3, -0.25) is 0 Å². The summed E-state index contributed by atoms with van der Waals surface area (Å²) in [6, 6.07) is 4.17. The number of nitrogens with one attached hydrogen (secondary N) is 2. The lowest BCUT2D eigenvalue weighted by atomic mass is 10.0. The van der Waals surface area contributed by atoms with E-state index < -0.39 is 12.4 Å². The molecule has 0 bridgehead atoms. The molecular weight excluding hydrogens is 496 g/mol. The van der Waals surface area contributed by atoms with Crippen LogP contribution in [-0.4, -0.2) is 49.7 Å². The Hall–Kier alpha value is -1.23. The molecule has 0 atom stereocenters. The van der Waals surface area contributed by atoms with Gasteiger partial charge in [-0.25, -0.2) is 9.38 Å². The molecule has 0 amide bonds. The molecule has 9 heteroatoms. The van der Waals surface area contributed by atoms with Gasteiger partial charge in [-0.05, 0) is 44.9 Å². The Labute approximate surface area is 188 Å². The predicted molar refractivity (Wildman–Crippen MR) is 121 cm³/mol. The summed E-state index contributed by atoms with van der Waals surface area (Å²) in [5, 5.41) is 6.52. The third kappa shape index (κ3) is 8.98. The van der Waals surface area contributed by atoms with Crippen LogP contribution in [0.1, 0.15) is 45.1 Å². The number of halogens is 4. The number of hydrogen-bond donors (Lipinski definition) is 2. The Bertz CT molecular complexity index is 626. The molecule has 29 heavy (non-hydrogen) atoms. The van der Waals surface area contributed by atoms with E-state index >= 15 is 0 Å². The first-order valence-corrected chi connectivity index (χ1v) is 10.0. The van der Waals surface area contributed by atoms with Crippen molar-refractivity contribution in [3.63, 3.8) is 0 Å². The Morgan fingerprint density at radius 2 is 2.00 bits per heavy atom. The van der Waals surface area contributed by atoms with Crippen molar-refractivity contribution in [1.29, 1.82) is 0 Å². The molecule has 0 saturated carbocycles. The minimum absolute atomic E-state index is 0. The van der Waals surface area contributed by atoms with Gasteiger partial charge < -0.3 is 20.3 Å². The summed E-state index contributed by atoms with van der Waals surface area (Å²) in [6.07, 6.45) is 4.43. The highest BCUT2D eigenvalue weighted by molar-refractivity contribution is 14.0. The quantitative estimate of drug-likeness (QED) is 0.284. The minimum Gasteiger partial charge on any atom is -0.434 e. The fraction of sp³-hybridized carbons (Fsp3) is 0.650. The summed E-state index contributed by atoms with van der Waals surface area (Å²) in [7, 11) is 0. The van der Waals surface area contributed by atoms with Crippen molar-refractivity contribution in [2.24, 2.45) is 4.99 Å². The molecule has 1 fully saturated rings. The monoisotopic (exact) mass is 528 g/mol. The molecule has 0 aliphatic carbocycles. The molecule has 2 N–H and O–H groups in total. The molecule has 2 rings (SSSR count). The van der Waals surface area contributed by atoms with Gasteiger partial charge in [0.1, 0.15) is 11.6 Å². The second-order valence-corrected chi connectivity index (χ2v) is 6.90. The van der Waals surface area contributed by atoms with Crippen LogP contribution in [0.2, 0.25) is 0 Å². The van der Waals surface area contributed by atoms with Gasteiger partial charge in [0, 0.05) is 25.7 Å². The van der Waals surface area contributed by atoms with Gasteiger partial charge in [-0.15, -0.1) is 24.0 Å². The molecule has 0 spiro atoms. The number of benzene rings is 1. The summed E-state index contributed by atoms with van der Waals surface area (Å²) in [6.45, 7) is 4.91. The van der Waals surface area contributed by atoms with Crippen LogP contribution in [0.3, 0.4) is 0 Å². The molecule has 0 radical (unpaired) electrons. The van der Waals surface area contributed by atoms with Crippen LogP contribution >= 0.6 is 24.0 Å². The lowest BCUT2D eigenvalue weighted by Gasteiger charge is -2.33. The largest absolute Gasteiger partial charge is 0.434 e. The van der Waals surface area contributed by atoms with Crippen LogP contribution in [0.25, 0.3) is 0 Å². The normalized spacial score (nSPS) is 15.9. The van der Waals surface area contributed by atoms with E-state index in [1.165, 1.54) is 31.0 Å². The number of rotatable bonds is 9. The number of nitrogens with zero attached hydrogens (tertiary/aromatic N) is 2. The van der Waals surface area contributed by atoms with Crippen LogP contribution in [0.4, 0.5) is 13.2 Å². The summed E-state index contributed by atoms with van der Waals surface area (Å²) in [5.41, 5.74) is 0.0226. The van der Waals surface area contributed by atoms with Crippen LogP contribution in [0, 0.1) is 5.82 Å². The van der Waals surface area contributed by atoms with E-state index in [1.54, 1.807) is 0 Å². The fourth-order valence-corrected chi connectivity index (χ4v) is 3.25. The number of aliphatic imine (C=N–C) groups is 1. The van der Waals surface area contributed by atoms with Crippen LogP contribution in [-0.2, 0) is 6.54 Å². The smallest absolute Gasteiger partial charge is 0.387 e. The van der Waals surface area contributed by atoms with Gasteiger partial charge in [0.05, 0.1) is 12.1 Å². The zero-order valence-electron chi connectivity index (χ0n) is 17.1. The van der Waals surface area contributed by atoms with E-state index in [2.05, 4.69) is 32.2 Å². The molecule has 166 valence electrons. The molecule has 0 aromatic heterocycles. The van der Waals surface area contributed by atoms with Gasteiger partial charge >= 0.3 is 6.61 Å². The third-order valence-corrected chi connectivity index (χ3v) is 4.79. The number of alkyl halides is 2. The maximum absolute atomic E-state index is 14.1. The fourth-order valence-electron chi connectivity index (χ4n) is 3.25. The topological polar surface area (TPSA) is 48.9 Å². The Balaban J connectivity index is 0.00000420. The molecule has 1 aliphatic heterocycles. The van der Waals surface area contributed by atoms with Crippen molar-refractivity contribution in [1.82, 2.24) is 15.5 Å². The van der Waals surface area contributed by atoms with Gasteiger partial charge in [0.2, 0.25) is 0 Å². The van der Waals surface area contributed by atoms with Crippen LogP contribution in [0.15, 0.2) is 23.2 Å². The van der Waals surface area contributed by atoms with Gasteiger partial charge in [0.25, 0.3) is 0 Å². The first-order chi connectivity index (χ1) is 13.5. The van der Waals surface area contributed by atoms with Crippen molar-refractivity contribution < 1.29 is 17.9 Å². The predicted octanol–water partition coefficient (Wildman–Crippen LogP) is 4.36. The number of unbranched alkanes of at least 4 members (excludes halogenated alkanes) is 1. The third-order valence-electron chi connectivity index (χ3n) is 4.79. The molecule has 0 unspecified atom stereocenters. The molecular formula is C20H32F3IN4O. The van der Waals surface area contributed by atoms with Gasteiger partial charge in [-0.1, -0.05) is 19.4 Å². The van der Waals surface area contributed by atoms with E-state index in [0.717, 1.165) is 32.5 Å². The Morgan fingerprint density at radius 3 is 2.62 bits per heavy atom. The van der Waals surface area contributed by atoms with Crippen molar-refractivity contribution >= 4 is 29.9 Å². The lowest BCUT2D eigenvalue weighted by Crippen LogP contribution is -2.48. The van der Waals surface area contributed by atoms with Crippen molar-refractivity contribution in [2.75, 3.05) is 26.2 Å². The summed E-state index contributed by atoms with van der Waals surface area (Å²) in [4.78, 5) is 6.86. The standard InChI is InChI=1S/C20H31F3N4O.HI/c1-3-5-11-27-12-9-15(10-13-27)26-20(24-4-2)25-14-16-17(21)7-6-8-18(16)28-19(22)23;/h6-8,15,19H,3-5,9-14H2,1-2H3,(H2,24,25,26);1H. The Morgan fingerprint density at radius 1 is 1.28 bits per heavy atom. The van der Waals surface area contributed by atoms with Crippen molar-refractivity contribution in [3.05, 3.63) is 29.6 Å². The van der Waals surface area contributed by atoms with Crippen LogP contribution < -0.4 is 15.4 Å².